The van der Waals surface area contributed by atoms with Gasteiger partial charge in [0.1, 0.15) is 6.54 Å². The summed E-state index contributed by atoms with van der Waals surface area (Å²) in [4.78, 5) is 13.0. The van der Waals surface area contributed by atoms with Gasteiger partial charge in [0.25, 0.3) is 10.0 Å². The average molecular weight is 433 g/mol. The maximum Gasteiger partial charge on any atom is 0.264 e. The van der Waals surface area contributed by atoms with Crippen molar-refractivity contribution in [3.8, 4) is 0 Å². The van der Waals surface area contributed by atoms with Crippen molar-refractivity contribution in [3.05, 3.63) is 59.1 Å². The second-order valence-electron chi connectivity index (χ2n) is 8.10. The van der Waals surface area contributed by atoms with Gasteiger partial charge in [-0.05, 0) is 67.9 Å². The zero-order valence-electron chi connectivity index (χ0n) is 16.3. The molecule has 5 nitrogen and oxygen atoms in total. The SMILES string of the molecule is Cc1ccc(Cl)cc1N(CC(=O)NC1CC2CCC1C2)S(=O)(=O)c1ccccc1. The fourth-order valence-electron chi connectivity index (χ4n) is 4.67. The van der Waals surface area contributed by atoms with Gasteiger partial charge >= 0.3 is 0 Å². The number of nitrogens with zero attached hydrogens (tertiary/aromatic N) is 1. The minimum Gasteiger partial charge on any atom is -0.352 e. The van der Waals surface area contributed by atoms with Crippen LogP contribution in [0, 0.1) is 18.8 Å². The van der Waals surface area contributed by atoms with E-state index >= 15 is 0 Å². The number of nitrogens with one attached hydrogen (secondary N) is 1. The van der Waals surface area contributed by atoms with Gasteiger partial charge in [-0.1, -0.05) is 42.3 Å². The maximum absolute atomic E-state index is 13.4. The Morgan fingerprint density at radius 3 is 2.55 bits per heavy atom. The summed E-state index contributed by atoms with van der Waals surface area (Å²) < 4.78 is 28.0. The van der Waals surface area contributed by atoms with Crippen molar-refractivity contribution in [2.24, 2.45) is 11.8 Å². The van der Waals surface area contributed by atoms with Crippen LogP contribution >= 0.6 is 11.6 Å². The molecule has 154 valence electrons. The highest BCUT2D eigenvalue weighted by Gasteiger charge is 2.40. The number of carbonyl (C=O) groups is 1. The van der Waals surface area contributed by atoms with Crippen molar-refractivity contribution in [3.63, 3.8) is 0 Å². The molecular formula is C22H25ClN2O3S. The third-order valence-electron chi connectivity index (χ3n) is 6.14. The summed E-state index contributed by atoms with van der Waals surface area (Å²) in [5.74, 6) is 0.946. The van der Waals surface area contributed by atoms with Gasteiger partial charge in [-0.3, -0.25) is 9.10 Å². The Kier molecular flexibility index (Phi) is 5.58. The molecule has 2 aliphatic rings. The molecule has 2 saturated carbocycles. The van der Waals surface area contributed by atoms with Gasteiger partial charge < -0.3 is 5.32 Å². The molecule has 0 spiro atoms. The molecule has 0 radical (unpaired) electrons. The molecule has 3 unspecified atom stereocenters. The Labute approximate surface area is 177 Å². The summed E-state index contributed by atoms with van der Waals surface area (Å²) >= 11 is 6.15. The number of fused-ring (bicyclic) bond motifs is 2. The largest absolute Gasteiger partial charge is 0.352 e. The van der Waals surface area contributed by atoms with E-state index in [0.29, 0.717) is 22.5 Å². The predicted octanol–water partition coefficient (Wildman–Crippen LogP) is 4.15. The Bertz CT molecular complexity index is 1010. The number of amides is 1. The van der Waals surface area contributed by atoms with Crippen LogP contribution in [-0.2, 0) is 14.8 Å². The lowest BCUT2D eigenvalue weighted by Gasteiger charge is -2.28. The topological polar surface area (TPSA) is 66.5 Å². The van der Waals surface area contributed by atoms with Gasteiger partial charge in [-0.15, -0.1) is 0 Å². The molecule has 1 amide bonds. The van der Waals surface area contributed by atoms with Crippen LogP contribution < -0.4 is 9.62 Å². The Morgan fingerprint density at radius 1 is 1.14 bits per heavy atom. The predicted molar refractivity (Wildman–Crippen MR) is 115 cm³/mol. The molecule has 0 aliphatic heterocycles. The van der Waals surface area contributed by atoms with Crippen LogP contribution in [0.4, 0.5) is 5.69 Å². The van der Waals surface area contributed by atoms with Gasteiger partial charge in [0, 0.05) is 11.1 Å². The standard InChI is InChI=1S/C22H25ClN2O3S/c1-15-7-10-18(23)13-21(15)25(29(27,28)19-5-3-2-4-6-19)14-22(26)24-20-12-16-8-9-17(20)11-16/h2-7,10,13,16-17,20H,8-9,11-12,14H2,1H3,(H,24,26). The Hall–Kier alpha value is -2.05. The van der Waals surface area contributed by atoms with E-state index < -0.39 is 10.0 Å². The van der Waals surface area contributed by atoms with Crippen LogP contribution in [0.15, 0.2) is 53.4 Å². The van der Waals surface area contributed by atoms with Gasteiger partial charge in [0.05, 0.1) is 10.6 Å². The number of aryl methyl sites for hydroxylation is 1. The van der Waals surface area contributed by atoms with Crippen molar-refractivity contribution in [1.82, 2.24) is 5.32 Å². The van der Waals surface area contributed by atoms with Crippen LogP contribution in [0.2, 0.25) is 5.02 Å². The van der Waals surface area contributed by atoms with E-state index in [1.54, 1.807) is 36.4 Å². The maximum atomic E-state index is 13.4. The lowest BCUT2D eigenvalue weighted by molar-refractivity contribution is -0.120. The quantitative estimate of drug-likeness (QED) is 0.745. The first-order chi connectivity index (χ1) is 13.8. The molecule has 0 heterocycles. The van der Waals surface area contributed by atoms with E-state index in [-0.39, 0.29) is 23.4 Å². The molecule has 29 heavy (non-hydrogen) atoms. The second-order valence-corrected chi connectivity index (χ2v) is 10.4. The molecule has 0 saturated heterocycles. The molecule has 2 aliphatic carbocycles. The third-order valence-corrected chi connectivity index (χ3v) is 8.15. The Balaban J connectivity index is 1.63. The first-order valence-corrected chi connectivity index (χ1v) is 11.8. The number of halogens is 1. The summed E-state index contributed by atoms with van der Waals surface area (Å²) in [6.45, 7) is 1.54. The van der Waals surface area contributed by atoms with E-state index in [1.165, 1.54) is 29.3 Å². The number of rotatable bonds is 6. The van der Waals surface area contributed by atoms with E-state index in [9.17, 15) is 13.2 Å². The van der Waals surface area contributed by atoms with Crippen molar-refractivity contribution in [2.75, 3.05) is 10.8 Å². The minimum absolute atomic E-state index is 0.145. The van der Waals surface area contributed by atoms with Crippen LogP contribution in [0.25, 0.3) is 0 Å². The van der Waals surface area contributed by atoms with Crippen LogP contribution in [0.3, 0.4) is 0 Å². The number of benzene rings is 2. The van der Waals surface area contributed by atoms with Crippen molar-refractivity contribution in [1.29, 1.82) is 0 Å². The lowest BCUT2D eigenvalue weighted by Crippen LogP contribution is -2.46. The summed E-state index contributed by atoms with van der Waals surface area (Å²) in [5.41, 5.74) is 1.16. The number of anilines is 1. The summed E-state index contributed by atoms with van der Waals surface area (Å²) in [5, 5.41) is 3.51. The van der Waals surface area contributed by atoms with E-state index in [1.807, 2.05) is 6.92 Å². The van der Waals surface area contributed by atoms with Crippen LogP contribution in [0.5, 0.6) is 0 Å². The molecule has 3 atom stereocenters. The molecule has 7 heteroatoms. The van der Waals surface area contributed by atoms with Crippen LogP contribution in [-0.4, -0.2) is 26.9 Å². The fourth-order valence-corrected chi connectivity index (χ4v) is 6.34. The van der Waals surface area contributed by atoms with Crippen molar-refractivity contribution in [2.45, 2.75) is 43.5 Å². The average Bonchev–Trinajstić information content (AvgIpc) is 3.32. The number of hydrogen-bond acceptors (Lipinski definition) is 3. The summed E-state index contributed by atoms with van der Waals surface area (Å²) in [6, 6.07) is 13.4. The first kappa shape index (κ1) is 20.2. The van der Waals surface area contributed by atoms with E-state index in [2.05, 4.69) is 5.32 Å². The highest BCUT2D eigenvalue weighted by molar-refractivity contribution is 7.92. The fraction of sp³-hybridized carbons (Fsp3) is 0.409. The monoisotopic (exact) mass is 432 g/mol. The van der Waals surface area contributed by atoms with Gasteiger partial charge in [-0.2, -0.15) is 0 Å². The van der Waals surface area contributed by atoms with Gasteiger partial charge in [-0.25, -0.2) is 8.42 Å². The molecule has 0 aromatic heterocycles. The van der Waals surface area contributed by atoms with Crippen molar-refractivity contribution >= 4 is 33.2 Å². The molecule has 4 rings (SSSR count). The van der Waals surface area contributed by atoms with E-state index in [0.717, 1.165) is 18.4 Å². The number of sulfonamides is 1. The van der Waals surface area contributed by atoms with Crippen molar-refractivity contribution < 1.29 is 13.2 Å². The molecular weight excluding hydrogens is 408 g/mol. The Morgan fingerprint density at radius 2 is 1.90 bits per heavy atom. The lowest BCUT2D eigenvalue weighted by atomic mass is 9.95. The normalized spacial score (nSPS) is 23.2. The zero-order chi connectivity index (χ0) is 20.6. The second kappa shape index (κ2) is 8.00. The summed E-state index contributed by atoms with van der Waals surface area (Å²) in [7, 11) is -3.92. The van der Waals surface area contributed by atoms with Gasteiger partial charge in [0.15, 0.2) is 0 Å². The third kappa shape index (κ3) is 4.14. The highest BCUT2D eigenvalue weighted by Crippen LogP contribution is 2.44. The molecule has 2 bridgehead atoms. The molecule has 1 N–H and O–H groups in total. The van der Waals surface area contributed by atoms with Gasteiger partial charge in [0.2, 0.25) is 5.91 Å². The molecule has 2 aromatic carbocycles. The zero-order valence-corrected chi connectivity index (χ0v) is 17.9. The molecule has 2 aromatic rings. The number of hydrogen-bond donors (Lipinski definition) is 1. The first-order valence-electron chi connectivity index (χ1n) is 9.98. The highest BCUT2D eigenvalue weighted by atomic mass is 35.5. The molecule has 2 fully saturated rings. The van der Waals surface area contributed by atoms with E-state index in [4.69, 9.17) is 11.6 Å². The summed E-state index contributed by atoms with van der Waals surface area (Å²) in [6.07, 6.45) is 4.56. The smallest absolute Gasteiger partial charge is 0.264 e. The van der Waals surface area contributed by atoms with Crippen LogP contribution in [0.1, 0.15) is 31.2 Å². The minimum atomic E-state index is -3.92. The number of carbonyl (C=O) groups excluding carboxylic acids is 1.